The Balaban J connectivity index is 1.79. The van der Waals surface area contributed by atoms with Crippen LogP contribution in [0.5, 0.6) is 11.5 Å². The molecule has 1 amide bonds. The number of nitrogens with zero attached hydrogens (tertiary/aromatic N) is 2. The van der Waals surface area contributed by atoms with Gasteiger partial charge in [0.05, 0.1) is 12.2 Å². The van der Waals surface area contributed by atoms with Crippen LogP contribution in [0.4, 0.5) is 11.4 Å². The van der Waals surface area contributed by atoms with Crippen molar-refractivity contribution in [2.45, 2.75) is 6.92 Å². The van der Waals surface area contributed by atoms with Gasteiger partial charge in [-0.05, 0) is 48.9 Å². The summed E-state index contributed by atoms with van der Waals surface area (Å²) in [6, 6.07) is 11.9. The maximum atomic E-state index is 12.5. The molecule has 0 atom stereocenters. The van der Waals surface area contributed by atoms with Crippen molar-refractivity contribution in [2.75, 3.05) is 29.9 Å². The Morgan fingerprint density at radius 2 is 1.96 bits per heavy atom. The minimum atomic E-state index is -0.381. The molecule has 1 N–H and O–H groups in total. The molecule has 3 rings (SSSR count). The van der Waals surface area contributed by atoms with E-state index in [9.17, 15) is 14.7 Å². The monoisotopic (exact) mass is 326 g/mol. The van der Waals surface area contributed by atoms with Crippen molar-refractivity contribution in [1.82, 2.24) is 0 Å². The number of phenolic OH excluding ortho intramolecular Hbond substituents is 1. The van der Waals surface area contributed by atoms with Crippen molar-refractivity contribution in [3.63, 3.8) is 0 Å². The van der Waals surface area contributed by atoms with E-state index in [4.69, 9.17) is 4.74 Å². The number of aromatic hydroxyl groups is 1. The standard InChI is InChI=1S/C18H18N2O4/c1-12-3-8-15-16(9-12)24-18(23)11-20(15)10-17(22)19(2)13-4-6-14(21)7-5-13/h3-9,21H,10-11H2,1-2H3. The van der Waals surface area contributed by atoms with Crippen LogP contribution in [0.25, 0.3) is 0 Å². The molecule has 6 heteroatoms. The molecule has 124 valence electrons. The predicted molar refractivity (Wildman–Crippen MR) is 90.5 cm³/mol. The molecular weight excluding hydrogens is 308 g/mol. The van der Waals surface area contributed by atoms with Gasteiger partial charge in [-0.2, -0.15) is 0 Å². The molecule has 24 heavy (non-hydrogen) atoms. The molecule has 0 saturated carbocycles. The highest BCUT2D eigenvalue weighted by atomic mass is 16.5. The zero-order valence-electron chi connectivity index (χ0n) is 13.5. The number of amides is 1. The summed E-state index contributed by atoms with van der Waals surface area (Å²) in [7, 11) is 1.66. The molecule has 0 saturated heterocycles. The van der Waals surface area contributed by atoms with E-state index < -0.39 is 0 Å². The van der Waals surface area contributed by atoms with E-state index in [1.54, 1.807) is 30.1 Å². The number of carbonyl (C=O) groups excluding carboxylic acids is 2. The summed E-state index contributed by atoms with van der Waals surface area (Å²) in [5, 5.41) is 9.34. The van der Waals surface area contributed by atoms with E-state index in [-0.39, 0.29) is 30.7 Å². The minimum absolute atomic E-state index is 0.0330. The Hall–Kier alpha value is -3.02. The van der Waals surface area contributed by atoms with Crippen LogP contribution in [0.15, 0.2) is 42.5 Å². The van der Waals surface area contributed by atoms with Gasteiger partial charge in [0.25, 0.3) is 0 Å². The summed E-state index contributed by atoms with van der Waals surface area (Å²) in [4.78, 5) is 27.5. The van der Waals surface area contributed by atoms with Crippen LogP contribution >= 0.6 is 0 Å². The van der Waals surface area contributed by atoms with Crippen LogP contribution in [-0.4, -0.2) is 37.1 Å². The quantitative estimate of drug-likeness (QED) is 0.691. The van der Waals surface area contributed by atoms with E-state index in [1.807, 2.05) is 19.1 Å². The van der Waals surface area contributed by atoms with E-state index in [1.165, 1.54) is 17.0 Å². The van der Waals surface area contributed by atoms with Crippen LogP contribution in [0.2, 0.25) is 0 Å². The first-order valence-corrected chi connectivity index (χ1v) is 7.56. The molecule has 0 spiro atoms. The zero-order chi connectivity index (χ0) is 17.3. The molecule has 0 radical (unpaired) electrons. The second kappa shape index (κ2) is 6.23. The summed E-state index contributed by atoms with van der Waals surface area (Å²) in [5.74, 6) is 0.0732. The van der Waals surface area contributed by atoms with Crippen molar-refractivity contribution in [3.05, 3.63) is 48.0 Å². The lowest BCUT2D eigenvalue weighted by atomic mass is 10.1. The second-order valence-corrected chi connectivity index (χ2v) is 5.77. The summed E-state index contributed by atoms with van der Waals surface area (Å²) in [6.07, 6.45) is 0. The molecule has 1 heterocycles. The van der Waals surface area contributed by atoms with Gasteiger partial charge in [-0.1, -0.05) is 6.07 Å². The molecule has 0 aromatic heterocycles. The second-order valence-electron chi connectivity index (χ2n) is 5.77. The van der Waals surface area contributed by atoms with Crippen molar-refractivity contribution >= 4 is 23.3 Å². The maximum absolute atomic E-state index is 12.5. The van der Waals surface area contributed by atoms with Gasteiger partial charge in [-0.3, -0.25) is 4.79 Å². The highest BCUT2D eigenvalue weighted by molar-refractivity contribution is 5.97. The SMILES string of the molecule is Cc1ccc2c(c1)OC(=O)CN2CC(=O)N(C)c1ccc(O)cc1. The van der Waals surface area contributed by atoms with E-state index >= 15 is 0 Å². The first kappa shape index (κ1) is 15.9. The molecule has 0 fully saturated rings. The molecule has 1 aliphatic heterocycles. The number of ether oxygens (including phenoxy) is 1. The van der Waals surface area contributed by atoms with Crippen molar-refractivity contribution in [2.24, 2.45) is 0 Å². The normalized spacial score (nSPS) is 13.2. The first-order valence-electron chi connectivity index (χ1n) is 7.56. The lowest BCUT2D eigenvalue weighted by molar-refractivity contribution is -0.133. The van der Waals surface area contributed by atoms with E-state index in [0.29, 0.717) is 11.4 Å². The Kier molecular flexibility index (Phi) is 4.12. The number of aryl methyl sites for hydroxylation is 1. The average Bonchev–Trinajstić information content (AvgIpc) is 2.54. The van der Waals surface area contributed by atoms with Crippen LogP contribution in [0.3, 0.4) is 0 Å². The number of carbonyl (C=O) groups is 2. The van der Waals surface area contributed by atoms with Gasteiger partial charge in [0.2, 0.25) is 5.91 Å². The number of phenols is 1. The third kappa shape index (κ3) is 3.17. The van der Waals surface area contributed by atoms with E-state index in [0.717, 1.165) is 11.3 Å². The summed E-state index contributed by atoms with van der Waals surface area (Å²) >= 11 is 0. The van der Waals surface area contributed by atoms with Crippen LogP contribution < -0.4 is 14.5 Å². The Morgan fingerprint density at radius 1 is 1.25 bits per heavy atom. The number of fused-ring (bicyclic) bond motifs is 1. The summed E-state index contributed by atoms with van der Waals surface area (Å²) < 4.78 is 5.25. The number of hydrogen-bond acceptors (Lipinski definition) is 5. The molecule has 0 aliphatic carbocycles. The number of likely N-dealkylation sites (N-methyl/N-ethyl adjacent to an activating group) is 1. The van der Waals surface area contributed by atoms with Gasteiger partial charge in [0.15, 0.2) is 5.75 Å². The Labute approximate surface area is 139 Å². The topological polar surface area (TPSA) is 70.1 Å². The number of esters is 1. The highest BCUT2D eigenvalue weighted by Gasteiger charge is 2.26. The van der Waals surface area contributed by atoms with E-state index in [2.05, 4.69) is 0 Å². The molecular formula is C18H18N2O4. The zero-order valence-corrected chi connectivity index (χ0v) is 13.5. The minimum Gasteiger partial charge on any atom is -0.508 e. The maximum Gasteiger partial charge on any atom is 0.331 e. The van der Waals surface area contributed by atoms with Crippen LogP contribution in [0.1, 0.15) is 5.56 Å². The summed E-state index contributed by atoms with van der Waals surface area (Å²) in [5.41, 5.74) is 2.38. The van der Waals surface area contributed by atoms with Gasteiger partial charge in [-0.25, -0.2) is 4.79 Å². The molecule has 1 aliphatic rings. The number of rotatable bonds is 3. The number of benzene rings is 2. The smallest absolute Gasteiger partial charge is 0.331 e. The summed E-state index contributed by atoms with van der Waals surface area (Å²) in [6.45, 7) is 2.00. The van der Waals surface area contributed by atoms with Crippen molar-refractivity contribution in [3.8, 4) is 11.5 Å². The fourth-order valence-electron chi connectivity index (χ4n) is 2.59. The Bertz CT molecular complexity index is 786. The average molecular weight is 326 g/mol. The number of hydrogen-bond donors (Lipinski definition) is 1. The van der Waals surface area contributed by atoms with Crippen molar-refractivity contribution in [1.29, 1.82) is 0 Å². The molecule has 2 aromatic rings. The highest BCUT2D eigenvalue weighted by Crippen LogP contribution is 2.32. The van der Waals surface area contributed by atoms with Gasteiger partial charge >= 0.3 is 5.97 Å². The molecule has 0 bridgehead atoms. The fraction of sp³-hybridized carbons (Fsp3) is 0.222. The third-order valence-corrected chi connectivity index (χ3v) is 3.94. The Morgan fingerprint density at radius 3 is 2.67 bits per heavy atom. The first-order chi connectivity index (χ1) is 11.4. The van der Waals surface area contributed by atoms with Gasteiger partial charge < -0.3 is 19.6 Å². The van der Waals surface area contributed by atoms with Gasteiger partial charge in [0, 0.05) is 12.7 Å². The largest absolute Gasteiger partial charge is 0.508 e. The molecule has 6 nitrogen and oxygen atoms in total. The third-order valence-electron chi connectivity index (χ3n) is 3.94. The van der Waals surface area contributed by atoms with Gasteiger partial charge in [0.1, 0.15) is 12.3 Å². The van der Waals surface area contributed by atoms with Crippen molar-refractivity contribution < 1.29 is 19.4 Å². The lowest BCUT2D eigenvalue weighted by Crippen LogP contribution is -2.44. The lowest BCUT2D eigenvalue weighted by Gasteiger charge is -2.30. The van der Waals surface area contributed by atoms with Crippen LogP contribution in [-0.2, 0) is 9.59 Å². The van der Waals surface area contributed by atoms with Crippen LogP contribution in [0, 0.1) is 6.92 Å². The van der Waals surface area contributed by atoms with Gasteiger partial charge in [-0.15, -0.1) is 0 Å². The predicted octanol–water partition coefficient (Wildman–Crippen LogP) is 2.09. The molecule has 0 unspecified atom stereocenters. The fourth-order valence-corrected chi connectivity index (χ4v) is 2.59. The molecule has 2 aromatic carbocycles. The number of anilines is 2.